The van der Waals surface area contributed by atoms with Gasteiger partial charge in [0.05, 0.1) is 6.20 Å². The van der Waals surface area contributed by atoms with Gasteiger partial charge in [-0.1, -0.05) is 17.3 Å². The van der Waals surface area contributed by atoms with Gasteiger partial charge in [-0.3, -0.25) is 0 Å². The van der Waals surface area contributed by atoms with Gasteiger partial charge in [0.1, 0.15) is 6.26 Å². The van der Waals surface area contributed by atoms with E-state index < -0.39 is 0 Å². The average Bonchev–Trinajstić information content (AvgIpc) is 2.41. The average molecular weight is 155 g/mol. The van der Waals surface area contributed by atoms with E-state index in [9.17, 15) is 0 Å². The van der Waals surface area contributed by atoms with E-state index in [1.807, 2.05) is 12.2 Å². The van der Waals surface area contributed by atoms with Crippen molar-refractivity contribution in [1.29, 1.82) is 0 Å². The highest BCUT2D eigenvalue weighted by molar-refractivity contribution is 7.80. The van der Waals surface area contributed by atoms with Crippen LogP contribution in [0.2, 0.25) is 0 Å². The molecular weight excluding hydrogens is 146 g/mol. The van der Waals surface area contributed by atoms with Crippen molar-refractivity contribution < 1.29 is 4.52 Å². The van der Waals surface area contributed by atoms with Crippen molar-refractivity contribution in [2.24, 2.45) is 0 Å². The molecule has 0 aliphatic carbocycles. The third kappa shape index (κ3) is 2.27. The monoisotopic (exact) mass is 155 g/mol. The molecule has 0 saturated heterocycles. The van der Waals surface area contributed by atoms with Gasteiger partial charge in [0.25, 0.3) is 0 Å². The van der Waals surface area contributed by atoms with Crippen molar-refractivity contribution in [2.45, 2.75) is 6.42 Å². The summed E-state index contributed by atoms with van der Waals surface area (Å²) in [7, 11) is 0. The zero-order valence-corrected chi connectivity index (χ0v) is 6.42. The maximum atomic E-state index is 4.62. The van der Waals surface area contributed by atoms with Gasteiger partial charge in [-0.25, -0.2) is 0 Å². The number of aromatic nitrogens is 1. The highest BCUT2D eigenvalue weighted by Crippen LogP contribution is 2.00. The molecule has 1 aromatic rings. The topological polar surface area (TPSA) is 26.0 Å². The molecule has 0 amide bonds. The van der Waals surface area contributed by atoms with Crippen LogP contribution in [0.4, 0.5) is 0 Å². The minimum Gasteiger partial charge on any atom is -0.364 e. The molecule has 0 aromatic carbocycles. The van der Waals surface area contributed by atoms with Crippen LogP contribution in [0.1, 0.15) is 12.0 Å². The molecule has 0 aliphatic rings. The molecule has 1 heterocycles. The molecule has 10 heavy (non-hydrogen) atoms. The second-order valence-electron chi connectivity index (χ2n) is 1.87. The lowest BCUT2D eigenvalue weighted by Gasteiger charge is -1.80. The lowest BCUT2D eigenvalue weighted by atomic mass is 10.3. The summed E-state index contributed by atoms with van der Waals surface area (Å²) >= 11 is 4.06. The quantitative estimate of drug-likeness (QED) is 0.676. The maximum absolute atomic E-state index is 4.62. The normalized spacial score (nSPS) is 10.9. The molecule has 0 bridgehead atoms. The van der Waals surface area contributed by atoms with E-state index in [-0.39, 0.29) is 0 Å². The SMILES string of the molecule is SCCC=Cc1cnoc1. The van der Waals surface area contributed by atoms with E-state index in [0.29, 0.717) is 0 Å². The summed E-state index contributed by atoms with van der Waals surface area (Å²) in [5.74, 6) is 0.877. The van der Waals surface area contributed by atoms with Crippen LogP contribution in [0.15, 0.2) is 23.1 Å². The summed E-state index contributed by atoms with van der Waals surface area (Å²) in [5.41, 5.74) is 1.00. The predicted molar refractivity (Wildman–Crippen MR) is 44.0 cm³/mol. The third-order valence-corrected chi connectivity index (χ3v) is 1.32. The molecule has 0 fully saturated rings. The minimum atomic E-state index is 0.877. The second kappa shape index (κ2) is 4.17. The van der Waals surface area contributed by atoms with E-state index in [2.05, 4.69) is 22.3 Å². The van der Waals surface area contributed by atoms with E-state index in [4.69, 9.17) is 0 Å². The van der Waals surface area contributed by atoms with E-state index in [1.165, 1.54) is 0 Å². The first-order valence-electron chi connectivity index (χ1n) is 3.10. The fourth-order valence-electron chi connectivity index (χ4n) is 0.589. The van der Waals surface area contributed by atoms with Gasteiger partial charge in [-0.2, -0.15) is 12.6 Å². The standard InChI is InChI=1S/C7H9NOS/c10-4-2-1-3-7-5-8-9-6-7/h1,3,5-6,10H,2,4H2. The molecule has 0 unspecified atom stereocenters. The van der Waals surface area contributed by atoms with Crippen LogP contribution < -0.4 is 0 Å². The Morgan fingerprint density at radius 2 is 2.60 bits per heavy atom. The van der Waals surface area contributed by atoms with Gasteiger partial charge in [-0.15, -0.1) is 0 Å². The van der Waals surface area contributed by atoms with E-state index in [1.54, 1.807) is 12.5 Å². The van der Waals surface area contributed by atoms with Crippen molar-refractivity contribution in [3.8, 4) is 0 Å². The molecule has 1 aromatic heterocycles. The van der Waals surface area contributed by atoms with Crippen molar-refractivity contribution in [3.63, 3.8) is 0 Å². The van der Waals surface area contributed by atoms with Gasteiger partial charge < -0.3 is 4.52 Å². The number of nitrogens with zero attached hydrogens (tertiary/aromatic N) is 1. The predicted octanol–water partition coefficient (Wildman–Crippen LogP) is 2.01. The molecular formula is C7H9NOS. The van der Waals surface area contributed by atoms with Crippen molar-refractivity contribution >= 4 is 18.7 Å². The Kier molecular flexibility index (Phi) is 3.09. The van der Waals surface area contributed by atoms with Crippen molar-refractivity contribution in [3.05, 3.63) is 24.1 Å². The Morgan fingerprint density at radius 1 is 1.70 bits per heavy atom. The van der Waals surface area contributed by atoms with E-state index in [0.717, 1.165) is 17.7 Å². The van der Waals surface area contributed by atoms with Crippen LogP contribution in [0.25, 0.3) is 6.08 Å². The summed E-state index contributed by atoms with van der Waals surface area (Å²) in [4.78, 5) is 0. The Hall–Kier alpha value is -0.700. The van der Waals surface area contributed by atoms with Gasteiger partial charge in [0, 0.05) is 5.56 Å². The highest BCUT2D eigenvalue weighted by atomic mass is 32.1. The fourth-order valence-corrected chi connectivity index (χ4v) is 0.738. The molecule has 1 rings (SSSR count). The van der Waals surface area contributed by atoms with Crippen LogP contribution in [-0.4, -0.2) is 10.9 Å². The fraction of sp³-hybridized carbons (Fsp3) is 0.286. The van der Waals surface area contributed by atoms with Crippen LogP contribution in [0.5, 0.6) is 0 Å². The molecule has 0 aliphatic heterocycles. The van der Waals surface area contributed by atoms with Gasteiger partial charge >= 0.3 is 0 Å². The summed E-state index contributed by atoms with van der Waals surface area (Å²) in [6.07, 6.45) is 8.27. The molecule has 54 valence electrons. The lowest BCUT2D eigenvalue weighted by molar-refractivity contribution is 0.419. The molecule has 0 atom stereocenters. The molecule has 0 N–H and O–H groups in total. The summed E-state index contributed by atoms with van der Waals surface area (Å²) in [6.45, 7) is 0. The Labute approximate surface area is 65.3 Å². The number of hydrogen-bond acceptors (Lipinski definition) is 3. The van der Waals surface area contributed by atoms with Gasteiger partial charge in [0.2, 0.25) is 0 Å². The summed E-state index contributed by atoms with van der Waals surface area (Å²) < 4.78 is 4.62. The Bertz CT molecular complexity index is 193. The van der Waals surface area contributed by atoms with Gasteiger partial charge in [0.15, 0.2) is 0 Å². The minimum absolute atomic E-state index is 0.877. The number of allylic oxidation sites excluding steroid dienone is 1. The van der Waals surface area contributed by atoms with Crippen LogP contribution in [0, 0.1) is 0 Å². The number of thiol groups is 1. The first kappa shape index (κ1) is 7.41. The smallest absolute Gasteiger partial charge is 0.131 e. The van der Waals surface area contributed by atoms with E-state index >= 15 is 0 Å². The van der Waals surface area contributed by atoms with Crippen LogP contribution in [-0.2, 0) is 0 Å². The lowest BCUT2D eigenvalue weighted by Crippen LogP contribution is -1.66. The first-order chi connectivity index (χ1) is 4.93. The molecule has 0 spiro atoms. The van der Waals surface area contributed by atoms with Crippen molar-refractivity contribution in [1.82, 2.24) is 5.16 Å². The largest absolute Gasteiger partial charge is 0.364 e. The summed E-state index contributed by atoms with van der Waals surface area (Å²) in [6, 6.07) is 0. The van der Waals surface area contributed by atoms with Gasteiger partial charge in [-0.05, 0) is 12.2 Å². The van der Waals surface area contributed by atoms with Crippen molar-refractivity contribution in [2.75, 3.05) is 5.75 Å². The number of rotatable bonds is 3. The molecule has 2 nitrogen and oxygen atoms in total. The zero-order valence-electron chi connectivity index (χ0n) is 5.53. The second-order valence-corrected chi connectivity index (χ2v) is 2.32. The Balaban J connectivity index is 2.40. The third-order valence-electron chi connectivity index (χ3n) is 1.06. The molecule has 0 radical (unpaired) electrons. The highest BCUT2D eigenvalue weighted by Gasteiger charge is 1.85. The zero-order chi connectivity index (χ0) is 7.23. The maximum Gasteiger partial charge on any atom is 0.131 e. The first-order valence-corrected chi connectivity index (χ1v) is 3.73. The summed E-state index contributed by atoms with van der Waals surface area (Å²) in [5, 5.41) is 3.56. The Morgan fingerprint density at radius 3 is 3.20 bits per heavy atom. The molecule has 3 heteroatoms. The number of hydrogen-bond donors (Lipinski definition) is 1. The van der Waals surface area contributed by atoms with Crippen LogP contribution >= 0.6 is 12.6 Å². The van der Waals surface area contributed by atoms with Crippen LogP contribution in [0.3, 0.4) is 0 Å². The molecule has 0 saturated carbocycles.